The van der Waals surface area contributed by atoms with Gasteiger partial charge >= 0.3 is 0 Å². The van der Waals surface area contributed by atoms with Gasteiger partial charge in [0.05, 0.1) is 0 Å². The zero-order valence-electron chi connectivity index (χ0n) is 15.2. The lowest BCUT2D eigenvalue weighted by Gasteiger charge is -2.34. The number of aldehydes is 1. The summed E-state index contributed by atoms with van der Waals surface area (Å²) in [5, 5.41) is 0. The second-order valence-electron chi connectivity index (χ2n) is 7.45. The number of carbonyl (C=O) groups is 2. The van der Waals surface area contributed by atoms with E-state index in [4.69, 9.17) is 0 Å². The molecule has 2 aliphatic rings. The fourth-order valence-electron chi connectivity index (χ4n) is 4.14. The Morgan fingerprint density at radius 1 is 1.00 bits per heavy atom. The van der Waals surface area contributed by atoms with Crippen molar-refractivity contribution in [3.05, 3.63) is 69.2 Å². The molecule has 0 bridgehead atoms. The minimum Gasteiger partial charge on any atom is -0.338 e. The van der Waals surface area contributed by atoms with E-state index in [2.05, 4.69) is 45.1 Å². The number of fused-ring (bicyclic) bond motifs is 2. The smallest absolute Gasteiger partial charge is 0.254 e. The second-order valence-corrected chi connectivity index (χ2v) is 8.37. The highest BCUT2D eigenvalue weighted by atomic mass is 79.9. The van der Waals surface area contributed by atoms with Crippen molar-refractivity contribution in [2.24, 2.45) is 5.92 Å². The van der Waals surface area contributed by atoms with Crippen LogP contribution in [-0.2, 0) is 24.2 Å². The van der Waals surface area contributed by atoms with E-state index in [0.29, 0.717) is 19.6 Å². The van der Waals surface area contributed by atoms with E-state index in [-0.39, 0.29) is 11.8 Å². The highest BCUT2D eigenvalue weighted by molar-refractivity contribution is 9.10. The Bertz CT molecular complexity index is 867. The largest absolute Gasteiger partial charge is 0.338 e. The number of carbonyl (C=O) groups excluding carboxylic acids is 2. The maximum absolute atomic E-state index is 12.9. The number of benzene rings is 2. The molecule has 1 unspecified atom stereocenters. The van der Waals surface area contributed by atoms with Gasteiger partial charge in [-0.05, 0) is 41.7 Å². The molecule has 2 aromatic rings. The van der Waals surface area contributed by atoms with Gasteiger partial charge in [-0.15, -0.1) is 0 Å². The van der Waals surface area contributed by atoms with Crippen molar-refractivity contribution in [2.75, 3.05) is 26.2 Å². The van der Waals surface area contributed by atoms with Gasteiger partial charge in [0, 0.05) is 48.7 Å². The van der Waals surface area contributed by atoms with Crippen molar-refractivity contribution in [1.82, 2.24) is 9.80 Å². The van der Waals surface area contributed by atoms with Gasteiger partial charge in [-0.25, -0.2) is 0 Å². The summed E-state index contributed by atoms with van der Waals surface area (Å²) in [6.07, 6.45) is 2.88. The van der Waals surface area contributed by atoms with Gasteiger partial charge in [-0.1, -0.05) is 46.3 Å². The summed E-state index contributed by atoms with van der Waals surface area (Å²) in [7, 11) is 0. The maximum Gasteiger partial charge on any atom is 0.254 e. The van der Waals surface area contributed by atoms with Crippen molar-refractivity contribution in [2.45, 2.75) is 19.4 Å². The molecule has 4 nitrogen and oxygen atoms in total. The first-order valence-corrected chi connectivity index (χ1v) is 10.3. The van der Waals surface area contributed by atoms with Gasteiger partial charge in [0.1, 0.15) is 6.29 Å². The van der Waals surface area contributed by atoms with Gasteiger partial charge in [0.15, 0.2) is 0 Å². The van der Waals surface area contributed by atoms with Crippen LogP contribution < -0.4 is 0 Å². The molecule has 0 spiro atoms. The summed E-state index contributed by atoms with van der Waals surface area (Å²) in [5.74, 6) is -0.124. The van der Waals surface area contributed by atoms with Crippen LogP contribution in [-0.4, -0.2) is 48.2 Å². The molecular formula is C22H23BrN2O2. The van der Waals surface area contributed by atoms with Crippen molar-refractivity contribution in [1.29, 1.82) is 0 Å². The summed E-state index contributed by atoms with van der Waals surface area (Å²) in [6.45, 7) is 3.72. The van der Waals surface area contributed by atoms with Crippen molar-refractivity contribution in [3.63, 3.8) is 0 Å². The van der Waals surface area contributed by atoms with Gasteiger partial charge in [-0.2, -0.15) is 0 Å². The first-order valence-electron chi connectivity index (χ1n) is 9.46. The zero-order valence-corrected chi connectivity index (χ0v) is 16.8. The van der Waals surface area contributed by atoms with Crippen LogP contribution in [0.1, 0.15) is 27.0 Å². The average molecular weight is 427 g/mol. The lowest BCUT2D eigenvalue weighted by atomic mass is 9.97. The van der Waals surface area contributed by atoms with Crippen LogP contribution in [0.15, 0.2) is 46.9 Å². The normalized spacial score (nSPS) is 18.0. The van der Waals surface area contributed by atoms with Crippen LogP contribution in [0.5, 0.6) is 0 Å². The molecule has 0 aromatic heterocycles. The molecule has 140 valence electrons. The highest BCUT2D eigenvalue weighted by Gasteiger charge is 2.28. The van der Waals surface area contributed by atoms with E-state index in [1.165, 1.54) is 11.1 Å². The third-order valence-corrected chi connectivity index (χ3v) is 6.08. The molecule has 1 amide bonds. The standard InChI is InChI=1S/C22H23BrN2O2/c23-20-6-5-18-8-10-25(22(27)21(18)11-20)13-16(15-26)12-24-9-7-17-3-1-2-4-19(17)14-24/h1-6,11,15-16H,7-10,12-14H2. The van der Waals surface area contributed by atoms with Crippen LogP contribution in [0, 0.1) is 5.92 Å². The van der Waals surface area contributed by atoms with Crippen LogP contribution in [0.25, 0.3) is 0 Å². The Morgan fingerprint density at radius 3 is 2.59 bits per heavy atom. The monoisotopic (exact) mass is 426 g/mol. The van der Waals surface area contributed by atoms with Gasteiger partial charge in [-0.3, -0.25) is 9.69 Å². The molecule has 2 aromatic carbocycles. The van der Waals surface area contributed by atoms with Gasteiger partial charge in [0.25, 0.3) is 5.91 Å². The molecule has 2 aliphatic heterocycles. The SMILES string of the molecule is O=CC(CN1CCc2ccccc2C1)CN1CCc2ccc(Br)cc2C1=O. The first kappa shape index (κ1) is 18.4. The summed E-state index contributed by atoms with van der Waals surface area (Å²) in [5.41, 5.74) is 4.60. The Balaban J connectivity index is 1.41. The Morgan fingerprint density at radius 2 is 1.78 bits per heavy atom. The molecule has 0 saturated carbocycles. The van der Waals surface area contributed by atoms with Crippen molar-refractivity contribution < 1.29 is 9.59 Å². The van der Waals surface area contributed by atoms with Crippen LogP contribution in [0.2, 0.25) is 0 Å². The summed E-state index contributed by atoms with van der Waals surface area (Å²) < 4.78 is 0.912. The van der Waals surface area contributed by atoms with Crippen molar-refractivity contribution in [3.8, 4) is 0 Å². The topological polar surface area (TPSA) is 40.6 Å². The molecular weight excluding hydrogens is 404 g/mol. The number of hydrogen-bond donors (Lipinski definition) is 0. The quantitative estimate of drug-likeness (QED) is 0.688. The van der Waals surface area contributed by atoms with E-state index in [1.54, 1.807) is 0 Å². The third-order valence-electron chi connectivity index (χ3n) is 5.59. The predicted molar refractivity (Wildman–Crippen MR) is 109 cm³/mol. The molecule has 4 rings (SSSR count). The van der Waals surface area contributed by atoms with Crippen molar-refractivity contribution >= 4 is 28.1 Å². The van der Waals surface area contributed by atoms with Crippen LogP contribution in [0.3, 0.4) is 0 Å². The molecule has 1 atom stereocenters. The predicted octanol–water partition coefficient (Wildman–Crippen LogP) is 3.32. The third kappa shape index (κ3) is 3.99. The van der Waals surface area contributed by atoms with E-state index in [9.17, 15) is 9.59 Å². The Hall–Kier alpha value is -1.98. The zero-order chi connectivity index (χ0) is 18.8. The Kier molecular flexibility index (Phi) is 5.41. The lowest BCUT2D eigenvalue weighted by Crippen LogP contribution is -2.44. The maximum atomic E-state index is 12.9. The van der Waals surface area contributed by atoms with E-state index >= 15 is 0 Å². The Labute approximate surface area is 168 Å². The molecule has 27 heavy (non-hydrogen) atoms. The minimum absolute atomic E-state index is 0.0355. The molecule has 0 saturated heterocycles. The lowest BCUT2D eigenvalue weighted by molar-refractivity contribution is -0.112. The number of rotatable bonds is 5. The molecule has 0 radical (unpaired) electrons. The van der Waals surface area contributed by atoms with E-state index in [1.807, 2.05) is 23.1 Å². The second kappa shape index (κ2) is 7.95. The minimum atomic E-state index is -0.159. The molecule has 5 heteroatoms. The average Bonchev–Trinajstić information content (AvgIpc) is 2.69. The summed E-state index contributed by atoms with van der Waals surface area (Å²) in [4.78, 5) is 28.8. The fraction of sp³-hybridized carbons (Fsp3) is 0.364. The molecule has 0 N–H and O–H groups in total. The molecule has 2 heterocycles. The summed E-state index contributed by atoms with van der Waals surface area (Å²) >= 11 is 3.45. The van der Waals surface area contributed by atoms with Crippen LogP contribution >= 0.6 is 15.9 Å². The number of hydrogen-bond acceptors (Lipinski definition) is 3. The van der Waals surface area contributed by atoms with Gasteiger partial charge in [0.2, 0.25) is 0 Å². The highest BCUT2D eigenvalue weighted by Crippen LogP contribution is 2.24. The van der Waals surface area contributed by atoms with Crippen LogP contribution in [0.4, 0.5) is 0 Å². The van der Waals surface area contributed by atoms with E-state index < -0.39 is 0 Å². The molecule has 0 aliphatic carbocycles. The number of halogens is 1. The number of amides is 1. The number of nitrogens with zero attached hydrogens (tertiary/aromatic N) is 2. The fourth-order valence-corrected chi connectivity index (χ4v) is 4.50. The summed E-state index contributed by atoms with van der Waals surface area (Å²) in [6, 6.07) is 14.4. The van der Waals surface area contributed by atoms with Gasteiger partial charge < -0.3 is 9.69 Å². The first-order chi connectivity index (χ1) is 13.1. The molecule has 0 fully saturated rings. The van der Waals surface area contributed by atoms with E-state index in [0.717, 1.165) is 47.8 Å².